The van der Waals surface area contributed by atoms with E-state index in [9.17, 15) is 8.78 Å². The minimum Gasteiger partial charge on any atom is -0.390 e. The molecule has 2 rings (SSSR count). The second-order valence-electron chi connectivity index (χ2n) is 5.37. The van der Waals surface area contributed by atoms with E-state index in [0.29, 0.717) is 32.1 Å². The summed E-state index contributed by atoms with van der Waals surface area (Å²) in [6.07, 6.45) is 0. The van der Waals surface area contributed by atoms with Crippen molar-refractivity contribution in [2.24, 2.45) is 0 Å². The number of aromatic nitrogens is 2. The first-order valence-electron chi connectivity index (χ1n) is 6.71. The number of anilines is 1. The molecule has 1 aliphatic heterocycles. The van der Waals surface area contributed by atoms with E-state index >= 15 is 0 Å². The van der Waals surface area contributed by atoms with Gasteiger partial charge in [-0.2, -0.15) is 4.37 Å². The fourth-order valence-electron chi connectivity index (χ4n) is 2.06. The quantitative estimate of drug-likeness (QED) is 0.891. The van der Waals surface area contributed by atoms with Crippen molar-refractivity contribution in [1.29, 1.82) is 0 Å². The first-order valence-corrected chi connectivity index (χ1v) is 7.48. The first kappa shape index (κ1) is 15.5. The molecule has 0 saturated carbocycles. The second-order valence-corrected chi connectivity index (χ2v) is 6.10. The lowest BCUT2D eigenvalue weighted by Gasteiger charge is -2.35. The predicted molar refractivity (Wildman–Crippen MR) is 74.7 cm³/mol. The molecular formula is C12H20F2N4OS. The number of nitrogens with zero attached hydrogens (tertiary/aromatic N) is 4. The largest absolute Gasteiger partial charge is 0.390 e. The zero-order valence-corrected chi connectivity index (χ0v) is 12.5. The van der Waals surface area contributed by atoms with E-state index in [-0.39, 0.29) is 6.54 Å². The van der Waals surface area contributed by atoms with Crippen LogP contribution in [0.5, 0.6) is 0 Å². The Morgan fingerprint density at radius 2 is 1.95 bits per heavy atom. The van der Waals surface area contributed by atoms with E-state index in [4.69, 9.17) is 5.11 Å². The van der Waals surface area contributed by atoms with Crippen molar-refractivity contribution < 1.29 is 13.9 Å². The average Bonchev–Trinajstić information content (AvgIpc) is 2.89. The number of alkyl halides is 2. The van der Waals surface area contributed by atoms with Crippen LogP contribution < -0.4 is 4.90 Å². The third-order valence-electron chi connectivity index (χ3n) is 3.28. The van der Waals surface area contributed by atoms with Crippen molar-refractivity contribution in [3.8, 4) is 0 Å². The molecule has 0 amide bonds. The zero-order chi connectivity index (χ0) is 14.8. The van der Waals surface area contributed by atoms with Crippen molar-refractivity contribution in [2.45, 2.75) is 25.7 Å². The van der Waals surface area contributed by atoms with E-state index in [1.165, 1.54) is 11.5 Å². The molecule has 0 spiro atoms. The molecule has 20 heavy (non-hydrogen) atoms. The topological polar surface area (TPSA) is 52.5 Å². The Labute approximate surface area is 121 Å². The van der Waals surface area contributed by atoms with Gasteiger partial charge in [-0.25, -0.2) is 13.8 Å². The maximum atomic E-state index is 13.1. The van der Waals surface area contributed by atoms with Gasteiger partial charge in [0.05, 0.1) is 6.54 Å². The van der Waals surface area contributed by atoms with Gasteiger partial charge >= 0.3 is 0 Å². The van der Waals surface area contributed by atoms with Gasteiger partial charge in [-0.15, -0.1) is 0 Å². The zero-order valence-electron chi connectivity index (χ0n) is 11.7. The van der Waals surface area contributed by atoms with Gasteiger partial charge < -0.3 is 10.0 Å². The van der Waals surface area contributed by atoms with E-state index in [1.54, 1.807) is 4.90 Å². The van der Waals surface area contributed by atoms with E-state index in [0.717, 1.165) is 11.0 Å². The number of aliphatic hydroxyl groups is 1. The van der Waals surface area contributed by atoms with Gasteiger partial charge in [-0.1, -0.05) is 13.8 Å². The van der Waals surface area contributed by atoms with Crippen LogP contribution in [0.25, 0.3) is 0 Å². The highest BCUT2D eigenvalue weighted by molar-refractivity contribution is 7.09. The third kappa shape index (κ3) is 3.83. The van der Waals surface area contributed by atoms with Crippen LogP contribution in [0.2, 0.25) is 0 Å². The summed E-state index contributed by atoms with van der Waals surface area (Å²) >= 11 is 1.36. The maximum Gasteiger partial charge on any atom is 0.283 e. The molecule has 0 atom stereocenters. The fourth-order valence-corrected chi connectivity index (χ4v) is 2.92. The molecular weight excluding hydrogens is 286 g/mol. The van der Waals surface area contributed by atoms with Crippen LogP contribution in [-0.2, 0) is 0 Å². The lowest BCUT2D eigenvalue weighted by molar-refractivity contribution is -0.0733. The molecule has 1 fully saturated rings. The van der Waals surface area contributed by atoms with Crippen molar-refractivity contribution >= 4 is 16.7 Å². The molecule has 1 saturated heterocycles. The highest BCUT2D eigenvalue weighted by Crippen LogP contribution is 2.23. The minimum atomic E-state index is -3.02. The normalized spacial score (nSPS) is 18.0. The summed E-state index contributed by atoms with van der Waals surface area (Å²) in [5.41, 5.74) is 0. The van der Waals surface area contributed by atoms with E-state index < -0.39 is 12.5 Å². The Balaban J connectivity index is 1.87. The molecule has 5 nitrogen and oxygen atoms in total. The molecule has 1 aromatic heterocycles. The van der Waals surface area contributed by atoms with Crippen LogP contribution in [0.4, 0.5) is 13.9 Å². The molecule has 0 bridgehead atoms. The van der Waals surface area contributed by atoms with Crippen LogP contribution in [0.15, 0.2) is 0 Å². The smallest absolute Gasteiger partial charge is 0.283 e. The minimum absolute atomic E-state index is 0.296. The Kier molecular flexibility index (Phi) is 4.87. The van der Waals surface area contributed by atoms with Crippen LogP contribution in [-0.4, -0.2) is 64.6 Å². The molecule has 2 heterocycles. The van der Waals surface area contributed by atoms with Gasteiger partial charge in [0.2, 0.25) is 5.13 Å². The number of rotatable bonds is 5. The van der Waals surface area contributed by atoms with E-state index in [2.05, 4.69) is 14.3 Å². The van der Waals surface area contributed by atoms with Crippen LogP contribution in [0, 0.1) is 0 Å². The number of aliphatic hydroxyl groups excluding tert-OH is 1. The molecule has 0 aliphatic carbocycles. The predicted octanol–water partition coefficient (Wildman–Crippen LogP) is 1.41. The lowest BCUT2D eigenvalue weighted by atomic mass is 10.2. The number of hydrogen-bond acceptors (Lipinski definition) is 6. The standard InChI is InChI=1S/C12H20F2N4OS/c1-9(2)10-15-11(20-16-10)18-5-3-17(4-6-18)7-12(13,14)8-19/h9,19H,3-8H2,1-2H3. The fraction of sp³-hybridized carbons (Fsp3) is 0.833. The molecule has 1 aromatic rings. The highest BCUT2D eigenvalue weighted by atomic mass is 32.1. The Bertz CT molecular complexity index is 433. The molecule has 114 valence electrons. The number of hydrogen-bond donors (Lipinski definition) is 1. The summed E-state index contributed by atoms with van der Waals surface area (Å²) in [7, 11) is 0. The number of piperazine rings is 1. The Hall–Kier alpha value is -0.860. The highest BCUT2D eigenvalue weighted by Gasteiger charge is 2.32. The van der Waals surface area contributed by atoms with Crippen molar-refractivity contribution in [3.63, 3.8) is 0 Å². The van der Waals surface area contributed by atoms with Crippen LogP contribution in [0.3, 0.4) is 0 Å². The molecule has 1 aliphatic rings. The van der Waals surface area contributed by atoms with Crippen molar-refractivity contribution in [1.82, 2.24) is 14.3 Å². The van der Waals surface area contributed by atoms with Gasteiger partial charge in [0.15, 0.2) is 0 Å². The first-order chi connectivity index (χ1) is 9.41. The SMILES string of the molecule is CC(C)c1nsc(N2CCN(CC(F)(F)CO)CC2)n1. The molecule has 1 N–H and O–H groups in total. The van der Waals surface area contributed by atoms with Gasteiger partial charge in [-0.05, 0) is 0 Å². The van der Waals surface area contributed by atoms with Gasteiger partial charge in [0.25, 0.3) is 5.92 Å². The average molecular weight is 306 g/mol. The lowest BCUT2D eigenvalue weighted by Crippen LogP contribution is -2.50. The summed E-state index contributed by atoms with van der Waals surface area (Å²) in [6.45, 7) is 5.02. The summed E-state index contributed by atoms with van der Waals surface area (Å²) in [6, 6.07) is 0. The Morgan fingerprint density at radius 1 is 1.30 bits per heavy atom. The van der Waals surface area contributed by atoms with Crippen LogP contribution >= 0.6 is 11.5 Å². The second kappa shape index (κ2) is 6.28. The van der Waals surface area contributed by atoms with Crippen LogP contribution in [0.1, 0.15) is 25.6 Å². The van der Waals surface area contributed by atoms with Crippen molar-refractivity contribution in [2.75, 3.05) is 44.2 Å². The van der Waals surface area contributed by atoms with Gasteiger partial charge in [-0.3, -0.25) is 4.90 Å². The summed E-state index contributed by atoms with van der Waals surface area (Å²) < 4.78 is 30.6. The Morgan fingerprint density at radius 3 is 2.45 bits per heavy atom. The van der Waals surface area contributed by atoms with Gasteiger partial charge in [0, 0.05) is 43.6 Å². The summed E-state index contributed by atoms with van der Waals surface area (Å²) in [4.78, 5) is 8.23. The molecule has 8 heteroatoms. The third-order valence-corrected chi connectivity index (χ3v) is 4.07. The molecule has 0 aromatic carbocycles. The van der Waals surface area contributed by atoms with Gasteiger partial charge in [0.1, 0.15) is 12.4 Å². The summed E-state index contributed by atoms with van der Waals surface area (Å²) in [5.74, 6) is -1.89. The molecule has 0 unspecified atom stereocenters. The molecule has 0 radical (unpaired) electrons. The monoisotopic (exact) mass is 306 g/mol. The van der Waals surface area contributed by atoms with E-state index in [1.807, 2.05) is 13.8 Å². The van der Waals surface area contributed by atoms with Crippen molar-refractivity contribution in [3.05, 3.63) is 5.82 Å². The maximum absolute atomic E-state index is 13.1. The number of halogens is 2. The summed E-state index contributed by atoms with van der Waals surface area (Å²) in [5, 5.41) is 9.47.